The molecule has 0 saturated carbocycles. The first-order valence-electron chi connectivity index (χ1n) is 12.9. The number of phenolic OH excluding ortho intramolecular Hbond substituents is 1. The second-order valence-corrected chi connectivity index (χ2v) is 9.61. The summed E-state index contributed by atoms with van der Waals surface area (Å²) in [6.45, 7) is 1.90. The second-order valence-electron chi connectivity index (χ2n) is 9.61. The van der Waals surface area contributed by atoms with Gasteiger partial charge in [-0.3, -0.25) is 4.79 Å². The molecule has 202 valence electrons. The Balaban J connectivity index is 1.80. The molecule has 4 aromatic carbocycles. The maximum Gasteiger partial charge on any atom is 0.271 e. The summed E-state index contributed by atoms with van der Waals surface area (Å²) < 4.78 is 35.6. The molecule has 1 unspecified atom stereocenters. The van der Waals surface area contributed by atoms with Gasteiger partial charge in [-0.05, 0) is 60.9 Å². The van der Waals surface area contributed by atoms with Crippen LogP contribution >= 0.6 is 0 Å². The number of para-hydroxylation sites is 2. The molecule has 1 heterocycles. The molecule has 5 nitrogen and oxygen atoms in total. The molecule has 0 amide bonds. The zero-order chi connectivity index (χ0) is 28.2. The second kappa shape index (κ2) is 11.5. The molecule has 7 heteroatoms. The molecule has 5 aromatic rings. The number of aromatic nitrogens is 2. The fraction of sp³-hybridized carbons (Fsp3) is 0.152. The van der Waals surface area contributed by atoms with Gasteiger partial charge in [-0.1, -0.05) is 60.7 Å². The van der Waals surface area contributed by atoms with Crippen molar-refractivity contribution < 1.29 is 18.6 Å². The van der Waals surface area contributed by atoms with Crippen LogP contribution in [0.15, 0.2) is 102 Å². The van der Waals surface area contributed by atoms with Gasteiger partial charge in [-0.25, -0.2) is 13.5 Å². The highest BCUT2D eigenvalue weighted by Crippen LogP contribution is 2.39. The maximum atomic E-state index is 14.6. The van der Waals surface area contributed by atoms with Crippen molar-refractivity contribution in [1.29, 1.82) is 0 Å². The third-order valence-electron chi connectivity index (χ3n) is 6.98. The highest BCUT2D eigenvalue weighted by atomic mass is 19.1. The minimum Gasteiger partial charge on any atom is -0.507 e. The van der Waals surface area contributed by atoms with Crippen LogP contribution in [0.25, 0.3) is 11.1 Å². The van der Waals surface area contributed by atoms with Gasteiger partial charge in [0.05, 0.1) is 19.3 Å². The molecule has 40 heavy (non-hydrogen) atoms. The quantitative estimate of drug-likeness (QED) is 0.241. The van der Waals surface area contributed by atoms with Gasteiger partial charge >= 0.3 is 0 Å². The fourth-order valence-corrected chi connectivity index (χ4v) is 5.18. The Kier molecular flexibility index (Phi) is 7.73. The van der Waals surface area contributed by atoms with E-state index in [1.807, 2.05) is 24.3 Å². The zero-order valence-electron chi connectivity index (χ0n) is 22.1. The number of hydrogen-bond acceptors (Lipinski definition) is 4. The minimum atomic E-state index is -0.676. The number of benzene rings is 4. The summed E-state index contributed by atoms with van der Waals surface area (Å²) in [4.78, 5) is 14.4. The first-order chi connectivity index (χ1) is 19.4. The predicted octanol–water partition coefficient (Wildman–Crippen LogP) is 6.63. The first-order valence-corrected chi connectivity index (χ1v) is 12.9. The van der Waals surface area contributed by atoms with Crippen LogP contribution in [0.1, 0.15) is 33.9 Å². The van der Waals surface area contributed by atoms with Crippen molar-refractivity contribution in [2.24, 2.45) is 0 Å². The largest absolute Gasteiger partial charge is 0.507 e. The van der Waals surface area contributed by atoms with Gasteiger partial charge in [-0.2, -0.15) is 5.10 Å². The standard InChI is InChI=1S/C33H28F2N2O3/c1-21-31(27-14-4-5-15-29(27)38)32(33(39)37(36-21)20-24-10-3-6-16-30(24)40-2)28(23-11-8-13-26(35)19-23)18-22-9-7-12-25(34)17-22/h3-17,19,28,38H,18,20H2,1-2H3. The molecule has 0 saturated heterocycles. The molecule has 1 aromatic heterocycles. The van der Waals surface area contributed by atoms with E-state index in [0.29, 0.717) is 39.3 Å². The van der Waals surface area contributed by atoms with Crippen LogP contribution < -0.4 is 10.3 Å². The van der Waals surface area contributed by atoms with Crippen LogP contribution in [0, 0.1) is 18.6 Å². The summed E-state index contributed by atoms with van der Waals surface area (Å²) in [5.74, 6) is -0.937. The first kappa shape index (κ1) is 26.8. The maximum absolute atomic E-state index is 14.6. The third-order valence-corrected chi connectivity index (χ3v) is 6.98. The highest BCUT2D eigenvalue weighted by molar-refractivity contribution is 5.75. The normalized spacial score (nSPS) is 11.8. The molecule has 1 N–H and O–H groups in total. The van der Waals surface area contributed by atoms with Crippen molar-refractivity contribution in [3.8, 4) is 22.6 Å². The summed E-state index contributed by atoms with van der Waals surface area (Å²) in [5.41, 5.74) is 3.28. The number of methoxy groups -OCH3 is 1. The predicted molar refractivity (Wildman–Crippen MR) is 151 cm³/mol. The van der Waals surface area contributed by atoms with E-state index < -0.39 is 23.1 Å². The molecule has 0 radical (unpaired) electrons. The van der Waals surface area contributed by atoms with Gasteiger partial charge in [0.2, 0.25) is 0 Å². The van der Waals surface area contributed by atoms with Crippen LogP contribution in [0.2, 0.25) is 0 Å². The van der Waals surface area contributed by atoms with Crippen LogP contribution in [0.5, 0.6) is 11.5 Å². The van der Waals surface area contributed by atoms with Crippen molar-refractivity contribution >= 4 is 0 Å². The van der Waals surface area contributed by atoms with Gasteiger partial charge in [0.1, 0.15) is 23.1 Å². The minimum absolute atomic E-state index is 0.0146. The fourth-order valence-electron chi connectivity index (χ4n) is 5.18. The Morgan fingerprint density at radius 2 is 1.60 bits per heavy atom. The highest BCUT2D eigenvalue weighted by Gasteiger charge is 2.28. The van der Waals surface area contributed by atoms with E-state index in [4.69, 9.17) is 4.74 Å². The number of phenols is 1. The molecule has 0 fully saturated rings. The summed E-state index contributed by atoms with van der Waals surface area (Å²) in [6.07, 6.45) is 0.217. The van der Waals surface area contributed by atoms with Gasteiger partial charge in [0.25, 0.3) is 5.56 Å². The number of hydrogen-bond donors (Lipinski definition) is 1. The Morgan fingerprint density at radius 1 is 0.900 bits per heavy atom. The van der Waals surface area contributed by atoms with Crippen molar-refractivity contribution in [2.45, 2.75) is 25.8 Å². The lowest BCUT2D eigenvalue weighted by Gasteiger charge is -2.24. The molecule has 0 bridgehead atoms. The Labute approximate surface area is 231 Å². The zero-order valence-corrected chi connectivity index (χ0v) is 22.1. The number of halogens is 2. The average Bonchev–Trinajstić information content (AvgIpc) is 2.94. The summed E-state index contributed by atoms with van der Waals surface area (Å²) in [6, 6.07) is 26.3. The molecule has 5 rings (SSSR count). The van der Waals surface area contributed by atoms with Crippen molar-refractivity contribution in [2.75, 3.05) is 7.11 Å². The van der Waals surface area contributed by atoms with Crippen LogP contribution in [0.3, 0.4) is 0 Å². The molecule has 0 aliphatic rings. The van der Waals surface area contributed by atoms with E-state index >= 15 is 0 Å². The molecule has 0 spiro atoms. The van der Waals surface area contributed by atoms with E-state index in [9.17, 15) is 18.7 Å². The number of aryl methyl sites for hydroxylation is 1. The average molecular weight is 539 g/mol. The Morgan fingerprint density at radius 3 is 2.33 bits per heavy atom. The molecule has 0 aliphatic carbocycles. The summed E-state index contributed by atoms with van der Waals surface area (Å²) in [5, 5.41) is 15.5. The number of ether oxygens (including phenoxy) is 1. The smallest absolute Gasteiger partial charge is 0.271 e. The summed E-state index contributed by atoms with van der Waals surface area (Å²) >= 11 is 0. The Bertz CT molecular complexity index is 1730. The lowest BCUT2D eigenvalue weighted by atomic mass is 9.82. The van der Waals surface area contributed by atoms with Gasteiger partial charge in [-0.15, -0.1) is 0 Å². The van der Waals surface area contributed by atoms with E-state index in [-0.39, 0.29) is 18.7 Å². The van der Waals surface area contributed by atoms with E-state index in [1.54, 1.807) is 62.6 Å². The lowest BCUT2D eigenvalue weighted by molar-refractivity contribution is 0.406. The van der Waals surface area contributed by atoms with Crippen molar-refractivity contribution in [3.05, 3.63) is 147 Å². The van der Waals surface area contributed by atoms with Crippen LogP contribution in [0.4, 0.5) is 8.78 Å². The number of nitrogens with zero attached hydrogens (tertiary/aromatic N) is 2. The number of rotatable bonds is 8. The Hall–Kier alpha value is -4.78. The van der Waals surface area contributed by atoms with Crippen molar-refractivity contribution in [3.63, 3.8) is 0 Å². The monoisotopic (exact) mass is 538 g/mol. The lowest BCUT2D eigenvalue weighted by Crippen LogP contribution is -2.31. The van der Waals surface area contributed by atoms with E-state index in [1.165, 1.54) is 28.9 Å². The third kappa shape index (κ3) is 5.50. The molecular weight excluding hydrogens is 510 g/mol. The van der Waals surface area contributed by atoms with Crippen LogP contribution in [-0.4, -0.2) is 22.0 Å². The van der Waals surface area contributed by atoms with Gasteiger partial charge in [0.15, 0.2) is 0 Å². The van der Waals surface area contributed by atoms with Gasteiger partial charge in [0, 0.05) is 28.2 Å². The van der Waals surface area contributed by atoms with Gasteiger partial charge < -0.3 is 9.84 Å². The topological polar surface area (TPSA) is 64.3 Å². The van der Waals surface area contributed by atoms with Crippen molar-refractivity contribution in [1.82, 2.24) is 9.78 Å². The summed E-state index contributed by atoms with van der Waals surface area (Å²) in [7, 11) is 1.56. The van der Waals surface area contributed by atoms with Crippen LogP contribution in [-0.2, 0) is 13.0 Å². The van der Waals surface area contributed by atoms with E-state index in [2.05, 4.69) is 5.10 Å². The SMILES string of the molecule is COc1ccccc1Cn1nc(C)c(-c2ccccc2O)c(C(Cc2cccc(F)c2)c2cccc(F)c2)c1=O. The number of aromatic hydroxyl groups is 1. The van der Waals surface area contributed by atoms with E-state index in [0.717, 1.165) is 5.56 Å². The molecular formula is C33H28F2N2O3. The molecule has 0 aliphatic heterocycles. The molecule has 1 atom stereocenters.